The van der Waals surface area contributed by atoms with Gasteiger partial charge in [-0.15, -0.1) is 0 Å². The molecule has 1 unspecified atom stereocenters. The van der Waals surface area contributed by atoms with Gasteiger partial charge in [0.1, 0.15) is 0 Å². The molecule has 1 aromatic carbocycles. The number of benzene rings is 1. The highest BCUT2D eigenvalue weighted by molar-refractivity contribution is 7.55. The minimum Gasteiger partial charge on any atom is -0.447 e. The zero-order valence-electron chi connectivity index (χ0n) is 15.9. The number of allylic oxidation sites excluding steroid dienone is 3. The third-order valence-corrected chi connectivity index (χ3v) is 5.45. The summed E-state index contributed by atoms with van der Waals surface area (Å²) in [5.41, 5.74) is -3.13. The third kappa shape index (κ3) is 6.38. The van der Waals surface area contributed by atoms with Gasteiger partial charge in [-0.25, -0.2) is 4.79 Å². The number of hydrogen-bond donors (Lipinski definition) is 0. The van der Waals surface area contributed by atoms with Gasteiger partial charge in [-0.2, -0.15) is 8.78 Å². The van der Waals surface area contributed by atoms with E-state index in [0.29, 0.717) is 0 Å². The Morgan fingerprint density at radius 1 is 1.15 bits per heavy atom. The monoisotopic (exact) mass is 402 g/mol. The molecule has 0 bridgehead atoms. The van der Waals surface area contributed by atoms with Crippen LogP contribution in [-0.4, -0.2) is 31.0 Å². The summed E-state index contributed by atoms with van der Waals surface area (Å²) in [5, 5.41) is 0. The van der Waals surface area contributed by atoms with E-state index in [1.54, 1.807) is 38.1 Å². The SMILES string of the molecule is CCOP(=O)(OCC)C(F)(F)C(/C=C/C=C(C)C)OC(=O)c1ccccc1. The van der Waals surface area contributed by atoms with Crippen LogP contribution in [0.5, 0.6) is 0 Å². The molecule has 0 spiro atoms. The van der Waals surface area contributed by atoms with Crippen LogP contribution in [0.3, 0.4) is 0 Å². The number of carbonyl (C=O) groups is 1. The molecule has 8 heteroatoms. The number of rotatable bonds is 10. The first-order chi connectivity index (χ1) is 12.7. The molecule has 0 saturated carbocycles. The fourth-order valence-electron chi connectivity index (χ4n) is 2.04. The van der Waals surface area contributed by atoms with Crippen LogP contribution in [0.4, 0.5) is 8.78 Å². The summed E-state index contributed by atoms with van der Waals surface area (Å²) in [4.78, 5) is 12.3. The lowest BCUT2D eigenvalue weighted by molar-refractivity contribution is -0.0578. The Labute approximate surface area is 158 Å². The molecule has 1 atom stereocenters. The summed E-state index contributed by atoms with van der Waals surface area (Å²) in [6.07, 6.45) is 1.71. The van der Waals surface area contributed by atoms with Gasteiger partial charge < -0.3 is 13.8 Å². The molecule has 0 aliphatic carbocycles. The van der Waals surface area contributed by atoms with Crippen molar-refractivity contribution in [3.63, 3.8) is 0 Å². The van der Waals surface area contributed by atoms with Crippen molar-refractivity contribution in [3.05, 3.63) is 59.7 Å². The van der Waals surface area contributed by atoms with Crippen LogP contribution in [0, 0.1) is 0 Å². The third-order valence-electron chi connectivity index (χ3n) is 3.26. The summed E-state index contributed by atoms with van der Waals surface area (Å²) in [6, 6.07) is 7.70. The molecule has 150 valence electrons. The molecule has 1 rings (SSSR count). The van der Waals surface area contributed by atoms with Gasteiger partial charge in [-0.3, -0.25) is 4.57 Å². The quantitative estimate of drug-likeness (QED) is 0.290. The van der Waals surface area contributed by atoms with Crippen LogP contribution in [0.1, 0.15) is 38.1 Å². The van der Waals surface area contributed by atoms with Gasteiger partial charge in [-0.05, 0) is 45.9 Å². The van der Waals surface area contributed by atoms with Crippen LogP contribution < -0.4 is 0 Å². The zero-order chi connectivity index (χ0) is 20.5. The Kier molecular flexibility index (Phi) is 9.03. The normalized spacial score (nSPS) is 13.4. The van der Waals surface area contributed by atoms with Crippen molar-refractivity contribution in [2.75, 3.05) is 13.2 Å². The van der Waals surface area contributed by atoms with E-state index in [4.69, 9.17) is 13.8 Å². The second kappa shape index (κ2) is 10.5. The maximum absolute atomic E-state index is 15.0. The average Bonchev–Trinajstić information content (AvgIpc) is 2.61. The first-order valence-corrected chi connectivity index (χ1v) is 10.1. The van der Waals surface area contributed by atoms with Crippen LogP contribution in [0.2, 0.25) is 0 Å². The fraction of sp³-hybridized carbons (Fsp3) is 0.421. The molecule has 0 N–H and O–H groups in total. The van der Waals surface area contributed by atoms with Crippen molar-refractivity contribution in [3.8, 4) is 0 Å². The molecule has 0 amide bonds. The standard InChI is InChI=1S/C19H25F2O5P/c1-5-24-27(23,25-6-2)19(20,21)17(14-10-11-15(3)4)26-18(22)16-12-8-7-9-13-16/h7-14,17H,5-6H2,1-4H3/b14-10+. The van der Waals surface area contributed by atoms with Crippen molar-refractivity contribution in [1.29, 1.82) is 0 Å². The van der Waals surface area contributed by atoms with E-state index in [2.05, 4.69) is 0 Å². The largest absolute Gasteiger partial charge is 0.447 e. The van der Waals surface area contributed by atoms with Crippen molar-refractivity contribution in [1.82, 2.24) is 0 Å². The summed E-state index contributed by atoms with van der Waals surface area (Å²) < 4.78 is 57.3. The molecule has 0 aliphatic heterocycles. The van der Waals surface area contributed by atoms with Gasteiger partial charge in [0.25, 0.3) is 0 Å². The summed E-state index contributed by atoms with van der Waals surface area (Å²) in [6.45, 7) is 5.91. The lowest BCUT2D eigenvalue weighted by Crippen LogP contribution is -2.37. The van der Waals surface area contributed by atoms with E-state index in [0.717, 1.165) is 11.6 Å². The van der Waals surface area contributed by atoms with Crippen LogP contribution in [0.25, 0.3) is 0 Å². The van der Waals surface area contributed by atoms with E-state index in [9.17, 15) is 9.36 Å². The molecule has 0 fully saturated rings. The van der Waals surface area contributed by atoms with Gasteiger partial charge in [0.05, 0.1) is 18.8 Å². The Hall–Kier alpha value is -1.82. The Balaban J connectivity index is 3.26. The van der Waals surface area contributed by atoms with E-state index in [1.807, 2.05) is 0 Å². The zero-order valence-corrected chi connectivity index (χ0v) is 16.7. The lowest BCUT2D eigenvalue weighted by atomic mass is 10.2. The number of ether oxygens (including phenoxy) is 1. The highest BCUT2D eigenvalue weighted by Crippen LogP contribution is 2.63. The minimum atomic E-state index is -4.87. The van der Waals surface area contributed by atoms with Crippen molar-refractivity contribution in [2.24, 2.45) is 0 Å². The minimum absolute atomic E-state index is 0.0940. The van der Waals surface area contributed by atoms with E-state index in [-0.39, 0.29) is 18.8 Å². The Morgan fingerprint density at radius 2 is 1.70 bits per heavy atom. The molecule has 27 heavy (non-hydrogen) atoms. The highest BCUT2D eigenvalue weighted by Gasteiger charge is 2.60. The maximum atomic E-state index is 15.0. The predicted molar refractivity (Wildman–Crippen MR) is 100 cm³/mol. The van der Waals surface area contributed by atoms with E-state index >= 15 is 8.78 Å². The molecular formula is C19H25F2O5P. The van der Waals surface area contributed by atoms with Gasteiger partial charge in [-0.1, -0.05) is 35.9 Å². The number of halogens is 2. The van der Waals surface area contributed by atoms with Crippen molar-refractivity contribution < 1.29 is 31.9 Å². The second-order valence-electron chi connectivity index (χ2n) is 5.74. The average molecular weight is 402 g/mol. The van der Waals surface area contributed by atoms with Crippen LogP contribution in [-0.2, 0) is 18.3 Å². The van der Waals surface area contributed by atoms with Crippen molar-refractivity contribution in [2.45, 2.75) is 39.5 Å². The Bertz CT molecular complexity index is 702. The highest BCUT2D eigenvalue weighted by atomic mass is 31.2. The first kappa shape index (κ1) is 23.2. The second-order valence-corrected chi connectivity index (χ2v) is 7.85. The van der Waals surface area contributed by atoms with Crippen LogP contribution >= 0.6 is 7.60 Å². The fourth-order valence-corrected chi connectivity index (χ4v) is 3.59. The summed E-state index contributed by atoms with van der Waals surface area (Å²) in [7, 11) is -4.87. The molecule has 0 aliphatic rings. The maximum Gasteiger partial charge on any atom is 0.404 e. The molecular weight excluding hydrogens is 377 g/mol. The Morgan fingerprint density at radius 3 is 2.19 bits per heavy atom. The van der Waals surface area contributed by atoms with Crippen molar-refractivity contribution >= 4 is 13.6 Å². The number of carbonyl (C=O) groups excluding carboxylic acids is 1. The predicted octanol–water partition coefficient (Wildman–Crippen LogP) is 5.59. The van der Waals surface area contributed by atoms with Crippen LogP contribution in [0.15, 0.2) is 54.1 Å². The molecule has 1 aromatic rings. The van der Waals surface area contributed by atoms with E-state index in [1.165, 1.54) is 32.1 Å². The van der Waals surface area contributed by atoms with Gasteiger partial charge >= 0.3 is 19.2 Å². The number of hydrogen-bond acceptors (Lipinski definition) is 5. The first-order valence-electron chi connectivity index (χ1n) is 8.52. The van der Waals surface area contributed by atoms with Gasteiger partial charge in [0, 0.05) is 0 Å². The molecule has 0 heterocycles. The topological polar surface area (TPSA) is 61.8 Å². The molecule has 5 nitrogen and oxygen atoms in total. The summed E-state index contributed by atoms with van der Waals surface area (Å²) in [5.74, 6) is -0.971. The smallest absolute Gasteiger partial charge is 0.404 e. The molecule has 0 radical (unpaired) electrons. The summed E-state index contributed by atoms with van der Waals surface area (Å²) >= 11 is 0. The van der Waals surface area contributed by atoms with Gasteiger partial charge in [0.15, 0.2) is 6.10 Å². The van der Waals surface area contributed by atoms with E-state index < -0.39 is 25.3 Å². The lowest BCUT2D eigenvalue weighted by Gasteiger charge is -2.30. The number of esters is 1. The molecule has 0 aromatic heterocycles. The number of alkyl halides is 2. The van der Waals surface area contributed by atoms with Gasteiger partial charge in [0.2, 0.25) is 0 Å². The molecule has 0 saturated heterocycles.